The lowest BCUT2D eigenvalue weighted by molar-refractivity contribution is -0.124. The Morgan fingerprint density at radius 1 is 0.438 bits per heavy atom. The molecule has 0 saturated carbocycles. The van der Waals surface area contributed by atoms with E-state index in [4.69, 9.17) is 8.83 Å². The van der Waals surface area contributed by atoms with E-state index in [1.54, 1.807) is 22.7 Å². The van der Waals surface area contributed by atoms with Crippen molar-refractivity contribution in [3.8, 4) is 20.4 Å². The van der Waals surface area contributed by atoms with Crippen molar-refractivity contribution in [1.29, 1.82) is 0 Å². The molecule has 4 aromatic rings. The van der Waals surface area contributed by atoms with E-state index in [0.717, 1.165) is 61.3 Å². The SMILES string of the molecule is CCCCCCCCC(CCCCCC)CN1C(=O)C2=C(c3ccc(-c4ccc(-c5ccc(C)s5)s4)o3)N(CC(CCCCCC)CCCCCCCC)C(=O)C2=C1c1ccc(C)o1. The Kier molecular flexibility index (Phi) is 20.2. The van der Waals surface area contributed by atoms with Gasteiger partial charge in [0.05, 0.1) is 16.0 Å². The molecule has 0 aromatic carbocycles. The molecular formula is C56H80N2O4S2. The number of hydrogen-bond donors (Lipinski definition) is 0. The van der Waals surface area contributed by atoms with E-state index in [-0.39, 0.29) is 11.8 Å². The molecule has 64 heavy (non-hydrogen) atoms. The number of unbranched alkanes of at least 4 members (excludes halogenated alkanes) is 16. The van der Waals surface area contributed by atoms with Crippen molar-refractivity contribution in [2.45, 2.75) is 196 Å². The molecule has 350 valence electrons. The van der Waals surface area contributed by atoms with E-state index in [2.05, 4.69) is 58.9 Å². The first-order valence-electron chi connectivity index (χ1n) is 25.7. The lowest BCUT2D eigenvalue weighted by atomic mass is 9.93. The van der Waals surface area contributed by atoms with Gasteiger partial charge in [-0.15, -0.1) is 22.7 Å². The third-order valence-electron chi connectivity index (χ3n) is 13.6. The minimum Gasteiger partial charge on any atom is -0.460 e. The maximum Gasteiger partial charge on any atom is 0.261 e. The van der Waals surface area contributed by atoms with Gasteiger partial charge in [0.15, 0.2) is 11.5 Å². The molecule has 0 spiro atoms. The molecule has 0 aliphatic carbocycles. The first kappa shape index (κ1) is 49.8. The van der Waals surface area contributed by atoms with Crippen LogP contribution in [0.5, 0.6) is 0 Å². The van der Waals surface area contributed by atoms with Gasteiger partial charge in [-0.25, -0.2) is 0 Å². The molecule has 4 aromatic heterocycles. The Hall–Kier alpha value is -3.62. The molecule has 2 atom stereocenters. The van der Waals surface area contributed by atoms with Crippen LogP contribution < -0.4 is 0 Å². The first-order valence-corrected chi connectivity index (χ1v) is 27.4. The van der Waals surface area contributed by atoms with Gasteiger partial charge in [-0.1, -0.05) is 156 Å². The highest BCUT2D eigenvalue weighted by Crippen LogP contribution is 2.49. The second-order valence-electron chi connectivity index (χ2n) is 19.0. The molecular weight excluding hydrogens is 829 g/mol. The van der Waals surface area contributed by atoms with Gasteiger partial charge in [0.2, 0.25) is 0 Å². The second-order valence-corrected chi connectivity index (χ2v) is 21.3. The third-order valence-corrected chi connectivity index (χ3v) is 15.9. The van der Waals surface area contributed by atoms with Gasteiger partial charge in [-0.3, -0.25) is 9.59 Å². The van der Waals surface area contributed by atoms with Crippen LogP contribution in [0, 0.1) is 25.7 Å². The fraction of sp³-hybridized carbons (Fsp3) is 0.607. The van der Waals surface area contributed by atoms with E-state index >= 15 is 9.59 Å². The molecule has 2 aliphatic rings. The average molecular weight is 909 g/mol. The van der Waals surface area contributed by atoms with Crippen molar-refractivity contribution in [2.75, 3.05) is 13.1 Å². The number of hydrogen-bond acceptors (Lipinski definition) is 6. The molecule has 0 fully saturated rings. The number of carbonyl (C=O) groups excluding carboxylic acids is 2. The summed E-state index contributed by atoms with van der Waals surface area (Å²) in [5.74, 6) is 3.21. The highest BCUT2D eigenvalue weighted by Gasteiger charge is 2.51. The minimum atomic E-state index is -0.0914. The predicted octanol–water partition coefficient (Wildman–Crippen LogP) is 17.4. The van der Waals surface area contributed by atoms with Crippen LogP contribution >= 0.6 is 22.7 Å². The summed E-state index contributed by atoms with van der Waals surface area (Å²) in [5, 5.41) is 0. The number of fused-ring (bicyclic) bond motifs is 1. The van der Waals surface area contributed by atoms with Gasteiger partial charge < -0.3 is 18.6 Å². The average Bonchev–Trinajstić information content (AvgIpc) is 4.16. The van der Waals surface area contributed by atoms with Gasteiger partial charge in [0.1, 0.15) is 22.9 Å². The van der Waals surface area contributed by atoms with Crippen molar-refractivity contribution in [1.82, 2.24) is 9.80 Å². The molecule has 2 unspecified atom stereocenters. The fourth-order valence-corrected chi connectivity index (χ4v) is 11.8. The molecule has 0 bridgehead atoms. The zero-order chi connectivity index (χ0) is 45.3. The number of nitrogens with zero attached hydrogens (tertiary/aromatic N) is 2. The Bertz CT molecular complexity index is 2110. The highest BCUT2D eigenvalue weighted by molar-refractivity contribution is 7.23. The standard InChI is InChI=1S/C56H80N2O4S2/c1-7-11-15-19-21-25-29-43(27-23-17-13-9-3)39-57-53(46-33-31-41(5)61-46)51-52(56(57)60)54(47-35-34-45(62-47)48-37-38-50(64-48)49-36-32-42(6)63-49)58(55(51)59)40-44(28-24-18-14-10-4)30-26-22-20-16-12-8-2/h31-38,43-44H,7-30,39-40H2,1-6H3. The van der Waals surface area contributed by atoms with Crippen LogP contribution in [0.3, 0.4) is 0 Å². The van der Waals surface area contributed by atoms with Gasteiger partial charge >= 0.3 is 0 Å². The number of carbonyl (C=O) groups is 2. The smallest absolute Gasteiger partial charge is 0.261 e. The molecule has 0 N–H and O–H groups in total. The Labute approximate surface area is 395 Å². The molecule has 2 amide bonds. The van der Waals surface area contributed by atoms with Crippen LogP contribution in [-0.2, 0) is 9.59 Å². The number of rotatable bonds is 32. The Balaban J connectivity index is 1.38. The molecule has 0 saturated heterocycles. The zero-order valence-electron chi connectivity index (χ0n) is 40.5. The number of thiophene rings is 2. The molecule has 6 rings (SSSR count). The summed E-state index contributed by atoms with van der Waals surface area (Å²) in [5.41, 5.74) is 2.27. The molecule has 8 heteroatoms. The molecule has 2 aliphatic heterocycles. The van der Waals surface area contributed by atoms with E-state index in [1.807, 2.05) is 41.0 Å². The normalized spacial score (nSPS) is 15.2. The molecule has 6 heterocycles. The monoisotopic (exact) mass is 909 g/mol. The summed E-state index contributed by atoms with van der Waals surface area (Å²) < 4.78 is 13.2. The van der Waals surface area contributed by atoms with Gasteiger partial charge in [-0.2, -0.15) is 0 Å². The van der Waals surface area contributed by atoms with Crippen LogP contribution in [0.2, 0.25) is 0 Å². The van der Waals surface area contributed by atoms with Crippen LogP contribution in [0.1, 0.15) is 204 Å². The highest BCUT2D eigenvalue weighted by atomic mass is 32.1. The summed E-state index contributed by atoms with van der Waals surface area (Å²) in [6.07, 6.45) is 28.9. The van der Waals surface area contributed by atoms with Crippen LogP contribution in [0.15, 0.2) is 68.5 Å². The summed E-state index contributed by atoms with van der Waals surface area (Å²) in [6, 6.07) is 16.6. The van der Waals surface area contributed by atoms with Crippen molar-refractivity contribution in [2.24, 2.45) is 11.8 Å². The van der Waals surface area contributed by atoms with E-state index in [9.17, 15) is 0 Å². The third kappa shape index (κ3) is 13.3. The molecule has 6 nitrogen and oxygen atoms in total. The van der Waals surface area contributed by atoms with Crippen LogP contribution in [0.25, 0.3) is 31.8 Å². The number of furan rings is 2. The summed E-state index contributed by atoms with van der Waals surface area (Å²) >= 11 is 3.52. The minimum absolute atomic E-state index is 0.0914. The van der Waals surface area contributed by atoms with E-state index in [1.165, 1.54) is 124 Å². The number of amides is 2. The molecule has 0 radical (unpaired) electrons. The van der Waals surface area contributed by atoms with Crippen molar-refractivity contribution >= 4 is 45.9 Å². The van der Waals surface area contributed by atoms with Crippen molar-refractivity contribution in [3.63, 3.8) is 0 Å². The second kappa shape index (κ2) is 25.9. The van der Waals surface area contributed by atoms with Gasteiger partial charge in [0, 0.05) is 27.7 Å². The maximum absolute atomic E-state index is 15.4. The summed E-state index contributed by atoms with van der Waals surface area (Å²) in [7, 11) is 0. The topological polar surface area (TPSA) is 66.9 Å². The number of aryl methyl sites for hydroxylation is 2. The summed E-state index contributed by atoms with van der Waals surface area (Å²) in [4.78, 5) is 39.6. The maximum atomic E-state index is 15.4. The van der Waals surface area contributed by atoms with Crippen LogP contribution in [-0.4, -0.2) is 34.7 Å². The van der Waals surface area contributed by atoms with E-state index in [0.29, 0.717) is 59.0 Å². The van der Waals surface area contributed by atoms with Crippen molar-refractivity contribution in [3.05, 3.63) is 81.8 Å². The van der Waals surface area contributed by atoms with Crippen molar-refractivity contribution < 1.29 is 18.4 Å². The zero-order valence-corrected chi connectivity index (χ0v) is 42.1. The quantitative estimate of drug-likeness (QED) is 0.0458. The lowest BCUT2D eigenvalue weighted by Gasteiger charge is -2.29. The largest absolute Gasteiger partial charge is 0.460 e. The van der Waals surface area contributed by atoms with Crippen LogP contribution in [0.4, 0.5) is 0 Å². The Morgan fingerprint density at radius 2 is 0.828 bits per heavy atom. The van der Waals surface area contributed by atoms with Gasteiger partial charge in [-0.05, 0) is 99.9 Å². The van der Waals surface area contributed by atoms with E-state index < -0.39 is 0 Å². The predicted molar refractivity (Wildman–Crippen MR) is 271 cm³/mol. The fourth-order valence-electron chi connectivity index (χ4n) is 9.90. The first-order chi connectivity index (χ1) is 31.3. The Morgan fingerprint density at radius 3 is 1.28 bits per heavy atom. The summed E-state index contributed by atoms with van der Waals surface area (Å²) in [6.45, 7) is 14.3. The lowest BCUT2D eigenvalue weighted by Crippen LogP contribution is -2.34. The van der Waals surface area contributed by atoms with Gasteiger partial charge in [0.25, 0.3) is 11.8 Å².